The summed E-state index contributed by atoms with van der Waals surface area (Å²) in [7, 11) is 0. The number of carbonyl (C=O) groups excluding carboxylic acids is 1. The van der Waals surface area contributed by atoms with Gasteiger partial charge in [-0.1, -0.05) is 6.07 Å². The monoisotopic (exact) mass is 286 g/mol. The maximum absolute atomic E-state index is 12.6. The Morgan fingerprint density at radius 2 is 2.05 bits per heavy atom. The zero-order valence-electron chi connectivity index (χ0n) is 11.6. The molecule has 6 nitrogen and oxygen atoms in total. The third-order valence-corrected chi connectivity index (χ3v) is 3.05. The van der Waals surface area contributed by atoms with Crippen LogP contribution >= 0.6 is 0 Å². The number of aromatic nitrogens is 2. The van der Waals surface area contributed by atoms with Crippen molar-refractivity contribution < 1.29 is 9.90 Å². The van der Waals surface area contributed by atoms with E-state index >= 15 is 0 Å². The summed E-state index contributed by atoms with van der Waals surface area (Å²) in [4.78, 5) is 22.0. The van der Waals surface area contributed by atoms with Crippen molar-refractivity contribution in [2.75, 3.05) is 13.1 Å². The Kier molecular flexibility index (Phi) is 5.22. The molecule has 1 amide bonds. The first-order valence-corrected chi connectivity index (χ1v) is 6.73. The Bertz CT molecular complexity index is 589. The molecule has 0 aliphatic heterocycles. The number of hydrogen-bond donors (Lipinski definition) is 2. The largest absolute Gasteiger partial charge is 0.505 e. The molecule has 0 radical (unpaired) electrons. The van der Waals surface area contributed by atoms with E-state index in [4.69, 9.17) is 5.73 Å². The predicted molar refractivity (Wildman–Crippen MR) is 78.6 cm³/mol. The third kappa shape index (κ3) is 4.00. The molecule has 0 atom stereocenters. The molecule has 2 aromatic rings. The lowest BCUT2D eigenvalue weighted by atomic mass is 10.2. The third-order valence-electron chi connectivity index (χ3n) is 3.05. The molecule has 0 bridgehead atoms. The van der Waals surface area contributed by atoms with E-state index in [0.717, 1.165) is 5.56 Å². The van der Waals surface area contributed by atoms with E-state index < -0.39 is 0 Å². The van der Waals surface area contributed by atoms with E-state index in [2.05, 4.69) is 9.97 Å². The lowest BCUT2D eigenvalue weighted by molar-refractivity contribution is 0.0739. The Labute approximate surface area is 123 Å². The molecule has 2 aromatic heterocycles. The van der Waals surface area contributed by atoms with Crippen LogP contribution in [0.15, 0.2) is 43.0 Å². The fourth-order valence-electron chi connectivity index (χ4n) is 1.98. The van der Waals surface area contributed by atoms with Crippen molar-refractivity contribution in [3.8, 4) is 5.75 Å². The molecule has 2 rings (SSSR count). The molecule has 0 saturated heterocycles. The van der Waals surface area contributed by atoms with Crippen LogP contribution in [0.1, 0.15) is 22.3 Å². The van der Waals surface area contributed by atoms with Crippen molar-refractivity contribution in [3.05, 3.63) is 54.1 Å². The van der Waals surface area contributed by atoms with Crippen molar-refractivity contribution in [2.45, 2.75) is 13.0 Å². The second-order valence-electron chi connectivity index (χ2n) is 4.62. The molecule has 0 spiro atoms. The van der Waals surface area contributed by atoms with Crippen molar-refractivity contribution in [3.63, 3.8) is 0 Å². The highest BCUT2D eigenvalue weighted by Gasteiger charge is 2.18. The van der Waals surface area contributed by atoms with Gasteiger partial charge < -0.3 is 15.7 Å². The first-order chi connectivity index (χ1) is 10.2. The van der Waals surface area contributed by atoms with Gasteiger partial charge >= 0.3 is 0 Å². The number of amides is 1. The van der Waals surface area contributed by atoms with Gasteiger partial charge in [-0.25, -0.2) is 0 Å². The number of nitrogens with two attached hydrogens (primary N) is 1. The van der Waals surface area contributed by atoms with Crippen LogP contribution in [0.25, 0.3) is 0 Å². The summed E-state index contributed by atoms with van der Waals surface area (Å²) < 4.78 is 0. The minimum Gasteiger partial charge on any atom is -0.505 e. The van der Waals surface area contributed by atoms with Crippen molar-refractivity contribution in [1.29, 1.82) is 0 Å². The molecule has 0 aromatic carbocycles. The first kappa shape index (κ1) is 14.9. The molecular formula is C15H18N4O2. The zero-order valence-corrected chi connectivity index (χ0v) is 11.6. The minimum atomic E-state index is -0.243. The lowest BCUT2D eigenvalue weighted by Crippen LogP contribution is -2.32. The summed E-state index contributed by atoms with van der Waals surface area (Å²) in [5.74, 6) is -0.362. The Morgan fingerprint density at radius 1 is 1.24 bits per heavy atom. The fraction of sp³-hybridized carbons (Fsp3) is 0.267. The first-order valence-electron chi connectivity index (χ1n) is 6.73. The predicted octanol–water partition coefficient (Wildman–Crippen LogP) is 1.17. The van der Waals surface area contributed by atoms with Crippen molar-refractivity contribution in [1.82, 2.24) is 14.9 Å². The van der Waals surface area contributed by atoms with E-state index in [1.54, 1.807) is 17.3 Å². The lowest BCUT2D eigenvalue weighted by Gasteiger charge is -2.23. The van der Waals surface area contributed by atoms with Crippen LogP contribution in [0.5, 0.6) is 5.75 Å². The summed E-state index contributed by atoms with van der Waals surface area (Å²) in [6, 6.07) is 5.24. The van der Waals surface area contributed by atoms with Gasteiger partial charge in [-0.3, -0.25) is 14.8 Å². The molecule has 0 unspecified atom stereocenters. The van der Waals surface area contributed by atoms with Crippen LogP contribution in [0.4, 0.5) is 0 Å². The van der Waals surface area contributed by atoms with E-state index in [-0.39, 0.29) is 17.2 Å². The summed E-state index contributed by atoms with van der Waals surface area (Å²) in [6.45, 7) is 1.44. The molecule has 21 heavy (non-hydrogen) atoms. The van der Waals surface area contributed by atoms with E-state index in [1.165, 1.54) is 18.5 Å². The van der Waals surface area contributed by atoms with Crippen LogP contribution in [-0.2, 0) is 6.54 Å². The van der Waals surface area contributed by atoms with Gasteiger partial charge in [-0.05, 0) is 30.7 Å². The van der Waals surface area contributed by atoms with Crippen LogP contribution in [0.3, 0.4) is 0 Å². The van der Waals surface area contributed by atoms with E-state index in [1.807, 2.05) is 12.1 Å². The molecule has 110 valence electrons. The molecule has 3 N–H and O–H groups in total. The standard InChI is InChI=1S/C15H18N4O2/c16-5-2-8-19(11-12-3-1-6-17-9-12)15(21)13-4-7-18-10-14(13)20/h1,3-4,6-7,9-10,20H,2,5,8,11,16H2. The van der Waals surface area contributed by atoms with E-state index in [9.17, 15) is 9.90 Å². The van der Waals surface area contributed by atoms with Crippen LogP contribution in [0.2, 0.25) is 0 Å². The normalized spacial score (nSPS) is 10.3. The van der Waals surface area contributed by atoms with Gasteiger partial charge in [0.15, 0.2) is 0 Å². The van der Waals surface area contributed by atoms with Gasteiger partial charge in [-0.2, -0.15) is 0 Å². The highest BCUT2D eigenvalue weighted by atomic mass is 16.3. The minimum absolute atomic E-state index is 0.119. The van der Waals surface area contributed by atoms with Gasteiger partial charge in [-0.15, -0.1) is 0 Å². The summed E-state index contributed by atoms with van der Waals surface area (Å²) in [5.41, 5.74) is 6.70. The molecule has 0 saturated carbocycles. The number of pyridine rings is 2. The van der Waals surface area contributed by atoms with Crippen molar-refractivity contribution in [2.24, 2.45) is 5.73 Å². The number of rotatable bonds is 6. The highest BCUT2D eigenvalue weighted by molar-refractivity contribution is 5.96. The second kappa shape index (κ2) is 7.35. The fourth-order valence-corrected chi connectivity index (χ4v) is 1.98. The summed E-state index contributed by atoms with van der Waals surface area (Å²) in [6.07, 6.45) is 6.84. The van der Waals surface area contributed by atoms with Gasteiger partial charge in [0, 0.05) is 31.7 Å². The average Bonchev–Trinajstić information content (AvgIpc) is 2.52. The van der Waals surface area contributed by atoms with Crippen LogP contribution in [-0.4, -0.2) is 39.0 Å². The second-order valence-corrected chi connectivity index (χ2v) is 4.62. The van der Waals surface area contributed by atoms with Gasteiger partial charge in [0.2, 0.25) is 0 Å². The number of nitrogens with zero attached hydrogens (tertiary/aromatic N) is 3. The summed E-state index contributed by atoms with van der Waals surface area (Å²) >= 11 is 0. The zero-order chi connectivity index (χ0) is 15.1. The molecule has 0 fully saturated rings. The molecule has 0 aliphatic carbocycles. The number of aromatic hydroxyl groups is 1. The SMILES string of the molecule is NCCCN(Cc1cccnc1)C(=O)c1ccncc1O. The van der Waals surface area contributed by atoms with Crippen LogP contribution in [0, 0.1) is 0 Å². The number of carbonyl (C=O) groups is 1. The molecule has 0 aliphatic rings. The average molecular weight is 286 g/mol. The maximum Gasteiger partial charge on any atom is 0.258 e. The van der Waals surface area contributed by atoms with E-state index in [0.29, 0.717) is 26.1 Å². The Morgan fingerprint density at radius 3 is 2.71 bits per heavy atom. The van der Waals surface area contributed by atoms with Crippen LogP contribution < -0.4 is 5.73 Å². The van der Waals surface area contributed by atoms with Gasteiger partial charge in [0.1, 0.15) is 5.75 Å². The molecule has 6 heteroatoms. The van der Waals surface area contributed by atoms with Gasteiger partial charge in [0.05, 0.1) is 11.8 Å². The van der Waals surface area contributed by atoms with Crippen molar-refractivity contribution >= 4 is 5.91 Å². The maximum atomic E-state index is 12.6. The topological polar surface area (TPSA) is 92.3 Å². The van der Waals surface area contributed by atoms with Gasteiger partial charge in [0.25, 0.3) is 5.91 Å². The number of hydrogen-bond acceptors (Lipinski definition) is 5. The molecular weight excluding hydrogens is 268 g/mol. The molecule has 2 heterocycles. The smallest absolute Gasteiger partial charge is 0.258 e. The summed E-state index contributed by atoms with van der Waals surface area (Å²) in [5, 5.41) is 9.77. The highest BCUT2D eigenvalue weighted by Crippen LogP contribution is 2.18. The quantitative estimate of drug-likeness (QED) is 0.831. The Hall–Kier alpha value is -2.47. The Balaban J connectivity index is 2.19.